The second kappa shape index (κ2) is 10.2. The number of carbonyl (C=O) groups is 1. The van der Waals surface area contributed by atoms with Crippen molar-refractivity contribution in [1.29, 1.82) is 0 Å². The molecular weight excluding hydrogens is 372 g/mol. The van der Waals surface area contributed by atoms with Crippen LogP contribution >= 0.6 is 11.6 Å². The van der Waals surface area contributed by atoms with Gasteiger partial charge in [-0.05, 0) is 43.9 Å². The minimum Gasteiger partial charge on any atom is -0.354 e. The van der Waals surface area contributed by atoms with Crippen molar-refractivity contribution < 1.29 is 13.2 Å². The Balaban J connectivity index is 2.98. The predicted molar refractivity (Wildman–Crippen MR) is 109 cm³/mol. The Kier molecular flexibility index (Phi) is 8.90. The summed E-state index contributed by atoms with van der Waals surface area (Å²) in [6.45, 7) is 8.21. The van der Waals surface area contributed by atoms with E-state index in [4.69, 9.17) is 11.6 Å². The number of benzene rings is 1. The fourth-order valence-electron chi connectivity index (χ4n) is 2.94. The van der Waals surface area contributed by atoms with Crippen molar-refractivity contribution in [2.45, 2.75) is 59.4 Å². The Morgan fingerprint density at radius 3 is 2.50 bits per heavy atom. The van der Waals surface area contributed by atoms with Crippen LogP contribution in [-0.2, 0) is 14.8 Å². The zero-order valence-corrected chi connectivity index (χ0v) is 18.0. The molecule has 1 aromatic carbocycles. The number of halogens is 1. The van der Waals surface area contributed by atoms with E-state index in [0.717, 1.165) is 41.8 Å². The first-order chi connectivity index (χ1) is 12.1. The summed E-state index contributed by atoms with van der Waals surface area (Å²) in [5, 5.41) is 3.35. The van der Waals surface area contributed by atoms with Crippen LogP contribution in [0.3, 0.4) is 0 Å². The number of hydrogen-bond donors (Lipinski definition) is 1. The molecule has 1 N–H and O–H groups in total. The first-order valence-corrected chi connectivity index (χ1v) is 11.4. The van der Waals surface area contributed by atoms with Gasteiger partial charge in [-0.1, -0.05) is 50.8 Å². The number of aryl methyl sites for hydroxylation is 1. The van der Waals surface area contributed by atoms with Crippen molar-refractivity contribution in [3.63, 3.8) is 0 Å². The van der Waals surface area contributed by atoms with Gasteiger partial charge in [-0.15, -0.1) is 0 Å². The lowest BCUT2D eigenvalue weighted by Crippen LogP contribution is -2.49. The molecule has 0 heterocycles. The first kappa shape index (κ1) is 22.8. The summed E-state index contributed by atoms with van der Waals surface area (Å²) in [6.07, 6.45) is 5.40. The van der Waals surface area contributed by atoms with E-state index >= 15 is 0 Å². The summed E-state index contributed by atoms with van der Waals surface area (Å²) in [5.74, 6) is 0.107. The number of carbonyl (C=O) groups excluding carboxylic acids is 1. The Morgan fingerprint density at radius 2 is 1.96 bits per heavy atom. The number of anilines is 1. The van der Waals surface area contributed by atoms with Gasteiger partial charge in [-0.2, -0.15) is 0 Å². The maximum atomic E-state index is 12.6. The molecule has 0 fully saturated rings. The van der Waals surface area contributed by atoms with Crippen molar-refractivity contribution in [2.75, 3.05) is 17.1 Å². The van der Waals surface area contributed by atoms with Gasteiger partial charge in [0.05, 0.1) is 11.9 Å². The predicted octanol–water partition coefficient (Wildman–Crippen LogP) is 4.14. The van der Waals surface area contributed by atoms with E-state index in [0.29, 0.717) is 23.2 Å². The molecule has 0 unspecified atom stereocenters. The van der Waals surface area contributed by atoms with E-state index in [1.54, 1.807) is 32.0 Å². The van der Waals surface area contributed by atoms with Crippen LogP contribution in [-0.4, -0.2) is 33.2 Å². The van der Waals surface area contributed by atoms with Crippen LogP contribution < -0.4 is 9.62 Å². The molecule has 0 spiro atoms. The standard InChI is InChI=1S/C19H31ClN2O3S/c1-6-8-9-16(7-2)13-21-19(23)15(4)22(26(5,24)25)18-12-17(20)11-10-14(18)3/h10-12,15-16H,6-9,13H2,1-5H3,(H,21,23)/t15-,16-/m1/s1. The molecule has 1 rings (SSSR count). The molecule has 1 amide bonds. The molecule has 0 aromatic heterocycles. The fraction of sp³-hybridized carbons (Fsp3) is 0.632. The highest BCUT2D eigenvalue weighted by Gasteiger charge is 2.30. The van der Waals surface area contributed by atoms with Crippen molar-refractivity contribution in [1.82, 2.24) is 5.32 Å². The van der Waals surface area contributed by atoms with Gasteiger partial charge >= 0.3 is 0 Å². The van der Waals surface area contributed by atoms with E-state index in [9.17, 15) is 13.2 Å². The Labute approximate surface area is 163 Å². The third kappa shape index (κ3) is 6.47. The molecule has 7 heteroatoms. The van der Waals surface area contributed by atoms with E-state index < -0.39 is 16.1 Å². The molecule has 0 saturated heterocycles. The minimum atomic E-state index is -3.65. The molecule has 148 valence electrons. The molecule has 5 nitrogen and oxygen atoms in total. The summed E-state index contributed by atoms with van der Waals surface area (Å²) in [6, 6.07) is 4.17. The van der Waals surface area contributed by atoms with E-state index in [1.807, 2.05) is 0 Å². The summed E-state index contributed by atoms with van der Waals surface area (Å²) < 4.78 is 25.9. The highest BCUT2D eigenvalue weighted by molar-refractivity contribution is 7.92. The van der Waals surface area contributed by atoms with Gasteiger partial charge in [0.15, 0.2) is 0 Å². The van der Waals surface area contributed by atoms with Gasteiger partial charge in [-0.3, -0.25) is 9.10 Å². The van der Waals surface area contributed by atoms with Crippen molar-refractivity contribution in [2.24, 2.45) is 5.92 Å². The minimum absolute atomic E-state index is 0.301. The normalized spacial score (nSPS) is 13.9. The number of sulfonamides is 1. The average Bonchev–Trinajstić information content (AvgIpc) is 2.56. The summed E-state index contributed by atoms with van der Waals surface area (Å²) in [7, 11) is -3.65. The van der Waals surface area contributed by atoms with E-state index in [2.05, 4.69) is 19.2 Å². The zero-order chi connectivity index (χ0) is 19.9. The van der Waals surface area contributed by atoms with Gasteiger partial charge in [0, 0.05) is 11.6 Å². The third-order valence-electron chi connectivity index (χ3n) is 4.61. The van der Waals surface area contributed by atoms with Gasteiger partial charge < -0.3 is 5.32 Å². The summed E-state index contributed by atoms with van der Waals surface area (Å²) in [4.78, 5) is 12.6. The third-order valence-corrected chi connectivity index (χ3v) is 6.07. The molecule has 0 bridgehead atoms. The van der Waals surface area contributed by atoms with Crippen molar-refractivity contribution >= 4 is 33.2 Å². The average molecular weight is 403 g/mol. The molecule has 2 atom stereocenters. The molecule has 0 aliphatic carbocycles. The van der Waals surface area contributed by atoms with Crippen molar-refractivity contribution in [3.8, 4) is 0 Å². The maximum Gasteiger partial charge on any atom is 0.243 e. The van der Waals surface area contributed by atoms with Crippen LogP contribution in [0.25, 0.3) is 0 Å². The largest absolute Gasteiger partial charge is 0.354 e. The molecule has 0 aliphatic rings. The first-order valence-electron chi connectivity index (χ1n) is 9.15. The van der Waals surface area contributed by atoms with Crippen LogP contribution in [0.5, 0.6) is 0 Å². The Bertz CT molecular complexity index is 707. The SMILES string of the molecule is CCCC[C@@H](CC)CNC(=O)[C@@H](C)N(c1cc(Cl)ccc1C)S(C)(=O)=O. The van der Waals surface area contributed by atoms with Crippen LogP contribution in [0.15, 0.2) is 18.2 Å². The maximum absolute atomic E-state index is 12.6. The number of nitrogens with zero attached hydrogens (tertiary/aromatic N) is 1. The van der Waals surface area contributed by atoms with Crippen LogP contribution in [0.4, 0.5) is 5.69 Å². The van der Waals surface area contributed by atoms with Gasteiger partial charge in [0.1, 0.15) is 6.04 Å². The Hall–Kier alpha value is -1.27. The highest BCUT2D eigenvalue weighted by atomic mass is 35.5. The number of rotatable bonds is 10. The second-order valence-corrected chi connectivity index (χ2v) is 9.12. The lowest BCUT2D eigenvalue weighted by atomic mass is 9.99. The molecule has 1 aromatic rings. The second-order valence-electron chi connectivity index (χ2n) is 6.83. The summed E-state index contributed by atoms with van der Waals surface area (Å²) in [5.41, 5.74) is 1.18. The van der Waals surface area contributed by atoms with Gasteiger partial charge in [-0.25, -0.2) is 8.42 Å². The smallest absolute Gasteiger partial charge is 0.243 e. The quantitative estimate of drug-likeness (QED) is 0.639. The number of hydrogen-bond acceptors (Lipinski definition) is 3. The highest BCUT2D eigenvalue weighted by Crippen LogP contribution is 2.28. The molecule has 0 radical (unpaired) electrons. The summed E-state index contributed by atoms with van der Waals surface area (Å²) >= 11 is 6.04. The number of nitrogens with one attached hydrogen (secondary N) is 1. The lowest BCUT2D eigenvalue weighted by molar-refractivity contribution is -0.122. The molecule has 0 aliphatic heterocycles. The van der Waals surface area contributed by atoms with Crippen LogP contribution in [0.2, 0.25) is 5.02 Å². The molecule has 0 saturated carbocycles. The van der Waals surface area contributed by atoms with Gasteiger partial charge in [0.25, 0.3) is 0 Å². The topological polar surface area (TPSA) is 66.5 Å². The lowest BCUT2D eigenvalue weighted by Gasteiger charge is -2.30. The van der Waals surface area contributed by atoms with Gasteiger partial charge in [0.2, 0.25) is 15.9 Å². The monoisotopic (exact) mass is 402 g/mol. The van der Waals surface area contributed by atoms with Crippen LogP contribution in [0.1, 0.15) is 52.0 Å². The van der Waals surface area contributed by atoms with E-state index in [1.165, 1.54) is 0 Å². The molecular formula is C19H31ClN2O3S. The molecule has 26 heavy (non-hydrogen) atoms. The Morgan fingerprint density at radius 1 is 1.31 bits per heavy atom. The zero-order valence-electron chi connectivity index (χ0n) is 16.4. The number of amides is 1. The van der Waals surface area contributed by atoms with Crippen LogP contribution in [0, 0.1) is 12.8 Å². The number of unbranched alkanes of at least 4 members (excludes halogenated alkanes) is 1. The van der Waals surface area contributed by atoms with E-state index in [-0.39, 0.29) is 5.91 Å². The fourth-order valence-corrected chi connectivity index (χ4v) is 4.33. The van der Waals surface area contributed by atoms with Crippen molar-refractivity contribution in [3.05, 3.63) is 28.8 Å².